The lowest BCUT2D eigenvalue weighted by Gasteiger charge is -2.05. The van der Waals surface area contributed by atoms with E-state index in [9.17, 15) is 0 Å². The van der Waals surface area contributed by atoms with Crippen LogP contribution in [0.4, 0.5) is 0 Å². The van der Waals surface area contributed by atoms with Gasteiger partial charge in [0, 0.05) is 9.86 Å². The van der Waals surface area contributed by atoms with E-state index in [0.717, 1.165) is 39.9 Å². The standard InChI is InChI=1S/C14H17BrClNO/c1-8(2)6-17-7-13-9(3)11-4-10(15)5-12(16)14(11)18-13/h4-5,8,17H,6-7H2,1-3H3. The molecule has 0 saturated heterocycles. The van der Waals surface area contributed by atoms with E-state index in [2.05, 4.69) is 42.0 Å². The highest BCUT2D eigenvalue weighted by Gasteiger charge is 2.13. The molecule has 2 nitrogen and oxygen atoms in total. The summed E-state index contributed by atoms with van der Waals surface area (Å²) in [6.07, 6.45) is 0. The fraction of sp³-hybridized carbons (Fsp3) is 0.429. The number of fused-ring (bicyclic) bond motifs is 1. The SMILES string of the molecule is Cc1c(CNCC(C)C)oc2c(Cl)cc(Br)cc12. The van der Waals surface area contributed by atoms with Gasteiger partial charge in [-0.3, -0.25) is 0 Å². The summed E-state index contributed by atoms with van der Waals surface area (Å²) < 4.78 is 6.83. The fourth-order valence-electron chi connectivity index (χ4n) is 1.94. The van der Waals surface area contributed by atoms with Crippen LogP contribution in [-0.2, 0) is 6.54 Å². The first kappa shape index (κ1) is 13.9. The van der Waals surface area contributed by atoms with Gasteiger partial charge in [0.2, 0.25) is 0 Å². The van der Waals surface area contributed by atoms with Gasteiger partial charge in [-0.15, -0.1) is 0 Å². The molecular formula is C14H17BrClNO. The maximum absolute atomic E-state index is 6.19. The van der Waals surface area contributed by atoms with Gasteiger partial charge >= 0.3 is 0 Å². The van der Waals surface area contributed by atoms with Crippen LogP contribution in [0.15, 0.2) is 21.0 Å². The third kappa shape index (κ3) is 2.90. The molecule has 98 valence electrons. The maximum Gasteiger partial charge on any atom is 0.153 e. The van der Waals surface area contributed by atoms with Crippen molar-refractivity contribution >= 4 is 38.5 Å². The fourth-order valence-corrected chi connectivity index (χ4v) is 2.78. The molecule has 0 bridgehead atoms. The first-order valence-corrected chi connectivity index (χ1v) is 7.24. The van der Waals surface area contributed by atoms with E-state index >= 15 is 0 Å². The van der Waals surface area contributed by atoms with Crippen molar-refractivity contribution in [2.45, 2.75) is 27.3 Å². The Morgan fingerprint density at radius 3 is 2.78 bits per heavy atom. The highest BCUT2D eigenvalue weighted by Crippen LogP contribution is 2.33. The van der Waals surface area contributed by atoms with Gasteiger partial charge in [-0.2, -0.15) is 0 Å². The largest absolute Gasteiger partial charge is 0.458 e. The third-order valence-corrected chi connectivity index (χ3v) is 3.63. The summed E-state index contributed by atoms with van der Waals surface area (Å²) >= 11 is 9.64. The lowest BCUT2D eigenvalue weighted by Crippen LogP contribution is -2.18. The molecule has 1 aromatic heterocycles. The molecule has 0 aliphatic carbocycles. The van der Waals surface area contributed by atoms with Crippen molar-refractivity contribution < 1.29 is 4.42 Å². The second kappa shape index (κ2) is 5.64. The van der Waals surface area contributed by atoms with E-state index in [0.29, 0.717) is 10.9 Å². The Hall–Kier alpha value is -0.510. The molecule has 0 spiro atoms. The Morgan fingerprint density at radius 2 is 2.11 bits per heavy atom. The number of hydrogen-bond acceptors (Lipinski definition) is 2. The lowest BCUT2D eigenvalue weighted by molar-refractivity contribution is 0.482. The average Bonchev–Trinajstić information content (AvgIpc) is 2.57. The molecule has 0 unspecified atom stereocenters. The molecule has 1 aromatic carbocycles. The average molecular weight is 331 g/mol. The van der Waals surface area contributed by atoms with Gasteiger partial charge in [0.05, 0.1) is 11.6 Å². The molecule has 4 heteroatoms. The van der Waals surface area contributed by atoms with Gasteiger partial charge in [0.1, 0.15) is 5.76 Å². The Kier molecular flexibility index (Phi) is 4.36. The Morgan fingerprint density at radius 1 is 1.39 bits per heavy atom. The predicted octanol–water partition coefficient (Wildman–Crippen LogP) is 4.90. The van der Waals surface area contributed by atoms with Crippen LogP contribution in [0.1, 0.15) is 25.2 Å². The highest BCUT2D eigenvalue weighted by molar-refractivity contribution is 9.10. The van der Waals surface area contributed by atoms with Crippen molar-refractivity contribution in [2.24, 2.45) is 5.92 Å². The van der Waals surface area contributed by atoms with Crippen LogP contribution in [-0.4, -0.2) is 6.54 Å². The summed E-state index contributed by atoms with van der Waals surface area (Å²) in [7, 11) is 0. The number of rotatable bonds is 4. The van der Waals surface area contributed by atoms with Crippen LogP contribution in [0.3, 0.4) is 0 Å². The molecule has 0 atom stereocenters. The van der Waals surface area contributed by atoms with Crippen LogP contribution in [0.25, 0.3) is 11.0 Å². The van der Waals surface area contributed by atoms with Crippen molar-refractivity contribution in [2.75, 3.05) is 6.54 Å². The van der Waals surface area contributed by atoms with Crippen LogP contribution >= 0.6 is 27.5 Å². The van der Waals surface area contributed by atoms with Gasteiger partial charge in [0.15, 0.2) is 5.58 Å². The maximum atomic E-state index is 6.19. The van der Waals surface area contributed by atoms with Crippen molar-refractivity contribution in [3.8, 4) is 0 Å². The molecular weight excluding hydrogens is 314 g/mol. The summed E-state index contributed by atoms with van der Waals surface area (Å²) in [5.41, 5.74) is 1.93. The topological polar surface area (TPSA) is 25.2 Å². The lowest BCUT2D eigenvalue weighted by atomic mass is 10.1. The van der Waals surface area contributed by atoms with E-state index in [-0.39, 0.29) is 0 Å². The monoisotopic (exact) mass is 329 g/mol. The highest BCUT2D eigenvalue weighted by atomic mass is 79.9. The zero-order valence-corrected chi connectivity index (χ0v) is 13.2. The van der Waals surface area contributed by atoms with Gasteiger partial charge < -0.3 is 9.73 Å². The van der Waals surface area contributed by atoms with Crippen molar-refractivity contribution in [3.63, 3.8) is 0 Å². The van der Waals surface area contributed by atoms with Gasteiger partial charge in [-0.1, -0.05) is 41.4 Å². The minimum atomic E-state index is 0.632. The van der Waals surface area contributed by atoms with Crippen LogP contribution < -0.4 is 5.32 Å². The normalized spacial score (nSPS) is 11.7. The Bertz CT molecular complexity index is 562. The van der Waals surface area contributed by atoms with E-state index in [1.807, 2.05) is 12.1 Å². The van der Waals surface area contributed by atoms with E-state index < -0.39 is 0 Å². The molecule has 0 aliphatic rings. The second-order valence-electron chi connectivity index (χ2n) is 4.94. The number of halogens is 2. The van der Waals surface area contributed by atoms with Crippen molar-refractivity contribution in [1.82, 2.24) is 5.32 Å². The second-order valence-corrected chi connectivity index (χ2v) is 6.26. The molecule has 1 heterocycles. The first-order chi connectivity index (χ1) is 8.49. The summed E-state index contributed by atoms with van der Waals surface area (Å²) in [6, 6.07) is 3.91. The minimum absolute atomic E-state index is 0.632. The molecule has 0 saturated carbocycles. The number of furan rings is 1. The van der Waals surface area contributed by atoms with Crippen LogP contribution in [0.5, 0.6) is 0 Å². The van der Waals surface area contributed by atoms with Crippen molar-refractivity contribution in [3.05, 3.63) is 33.0 Å². The number of aryl methyl sites for hydroxylation is 1. The van der Waals surface area contributed by atoms with Gasteiger partial charge in [0.25, 0.3) is 0 Å². The van der Waals surface area contributed by atoms with E-state index in [4.69, 9.17) is 16.0 Å². The van der Waals surface area contributed by atoms with E-state index in [1.54, 1.807) is 0 Å². The predicted molar refractivity (Wildman–Crippen MR) is 80.2 cm³/mol. The third-order valence-electron chi connectivity index (χ3n) is 2.89. The quantitative estimate of drug-likeness (QED) is 0.862. The molecule has 0 fully saturated rings. The summed E-state index contributed by atoms with van der Waals surface area (Å²) in [6.45, 7) is 8.17. The summed E-state index contributed by atoms with van der Waals surface area (Å²) in [4.78, 5) is 0. The molecule has 2 aromatic rings. The smallest absolute Gasteiger partial charge is 0.153 e. The molecule has 0 aliphatic heterocycles. The van der Waals surface area contributed by atoms with Crippen LogP contribution in [0.2, 0.25) is 5.02 Å². The Labute approximate surface area is 121 Å². The molecule has 2 rings (SSSR count). The zero-order chi connectivity index (χ0) is 13.3. The summed E-state index contributed by atoms with van der Waals surface area (Å²) in [5, 5.41) is 5.12. The summed E-state index contributed by atoms with van der Waals surface area (Å²) in [5.74, 6) is 1.60. The van der Waals surface area contributed by atoms with Crippen molar-refractivity contribution in [1.29, 1.82) is 0 Å². The molecule has 0 amide bonds. The minimum Gasteiger partial charge on any atom is -0.458 e. The van der Waals surface area contributed by atoms with Crippen LogP contribution in [0, 0.1) is 12.8 Å². The number of benzene rings is 1. The van der Waals surface area contributed by atoms with Gasteiger partial charge in [-0.05, 0) is 37.1 Å². The molecule has 18 heavy (non-hydrogen) atoms. The Balaban J connectivity index is 2.30. The molecule has 0 radical (unpaired) electrons. The van der Waals surface area contributed by atoms with E-state index in [1.165, 1.54) is 0 Å². The zero-order valence-electron chi connectivity index (χ0n) is 10.8. The van der Waals surface area contributed by atoms with Gasteiger partial charge in [-0.25, -0.2) is 0 Å². The first-order valence-electron chi connectivity index (χ1n) is 6.06. The number of hydrogen-bond donors (Lipinski definition) is 1. The number of nitrogens with one attached hydrogen (secondary N) is 1. The molecule has 1 N–H and O–H groups in total.